The van der Waals surface area contributed by atoms with Crippen LogP contribution < -0.4 is 9.64 Å². The minimum absolute atomic E-state index is 0.0341. The number of methoxy groups -OCH3 is 2. The highest BCUT2D eigenvalue weighted by Gasteiger charge is 2.71. The van der Waals surface area contributed by atoms with Gasteiger partial charge in [-0.1, -0.05) is 42.5 Å². The lowest BCUT2D eigenvalue weighted by molar-refractivity contribution is -0.172. The SMILES string of the molecule is COC(=O)C(O)C12CCCN3CCC4(c5cccc(OC)c5N(C(=O)CCc5ccccc5)C4CC1)C32. The fourth-order valence-corrected chi connectivity index (χ4v) is 8.43. The van der Waals surface area contributed by atoms with Crippen LogP contribution in [0.1, 0.15) is 49.7 Å². The predicted octanol–water partition coefficient (Wildman–Crippen LogP) is 3.46. The average molecular weight is 505 g/mol. The molecule has 6 rings (SSSR count). The van der Waals surface area contributed by atoms with Crippen molar-refractivity contribution in [1.29, 1.82) is 0 Å². The molecule has 5 atom stereocenters. The van der Waals surface area contributed by atoms with Crippen molar-refractivity contribution in [1.82, 2.24) is 4.90 Å². The van der Waals surface area contributed by atoms with Gasteiger partial charge >= 0.3 is 5.97 Å². The number of aliphatic hydroxyl groups is 1. The summed E-state index contributed by atoms with van der Waals surface area (Å²) < 4.78 is 10.9. The van der Waals surface area contributed by atoms with Crippen molar-refractivity contribution in [3.63, 3.8) is 0 Å². The number of amides is 1. The van der Waals surface area contributed by atoms with E-state index in [0.717, 1.165) is 55.6 Å². The van der Waals surface area contributed by atoms with Crippen LogP contribution in [0.3, 0.4) is 0 Å². The third-order valence-corrected chi connectivity index (χ3v) is 9.76. The van der Waals surface area contributed by atoms with Crippen molar-refractivity contribution in [2.45, 2.75) is 68.5 Å². The molecule has 1 aliphatic carbocycles. The highest BCUT2D eigenvalue weighted by atomic mass is 16.5. The molecule has 7 heteroatoms. The summed E-state index contributed by atoms with van der Waals surface area (Å²) >= 11 is 0. The largest absolute Gasteiger partial charge is 0.495 e. The Morgan fingerprint density at radius 3 is 2.62 bits per heavy atom. The third kappa shape index (κ3) is 3.40. The number of carbonyl (C=O) groups excluding carboxylic acids is 2. The Labute approximate surface area is 218 Å². The normalized spacial score (nSPS) is 30.7. The van der Waals surface area contributed by atoms with E-state index >= 15 is 0 Å². The molecule has 1 spiro atoms. The summed E-state index contributed by atoms with van der Waals surface area (Å²) in [5.74, 6) is 0.261. The standard InChI is InChI=1S/C30H36N2O5/c1-36-22-11-6-10-21-25(22)32(24(33)13-12-20-8-4-3-5-9-20)23-14-16-29(26(34)27(35)37-2)15-7-18-31-19-17-30(21,23)28(29)31/h3-6,8-11,23,26,28,34H,7,12-19H2,1-2H3. The topological polar surface area (TPSA) is 79.3 Å². The fraction of sp³-hybridized carbons (Fsp3) is 0.533. The summed E-state index contributed by atoms with van der Waals surface area (Å²) in [4.78, 5) is 31.3. The van der Waals surface area contributed by atoms with Crippen LogP contribution in [0.25, 0.3) is 0 Å². The number of para-hydroxylation sites is 1. The van der Waals surface area contributed by atoms with Crippen molar-refractivity contribution in [2.75, 3.05) is 32.2 Å². The van der Waals surface area contributed by atoms with Crippen LogP contribution >= 0.6 is 0 Å². The first kappa shape index (κ1) is 24.4. The number of fused-ring (bicyclic) bond motifs is 1. The molecule has 1 saturated carbocycles. The van der Waals surface area contributed by atoms with E-state index in [1.807, 2.05) is 35.2 Å². The quantitative estimate of drug-likeness (QED) is 0.607. The zero-order valence-electron chi connectivity index (χ0n) is 21.7. The lowest BCUT2D eigenvalue weighted by atomic mass is 9.51. The number of ether oxygens (including phenoxy) is 2. The van der Waals surface area contributed by atoms with Gasteiger partial charge in [-0.2, -0.15) is 0 Å². The van der Waals surface area contributed by atoms with Crippen LogP contribution in [0.5, 0.6) is 5.75 Å². The maximum absolute atomic E-state index is 14.0. The Hall–Kier alpha value is -2.90. The monoisotopic (exact) mass is 504 g/mol. The van der Waals surface area contributed by atoms with Gasteiger partial charge in [-0.25, -0.2) is 4.79 Å². The van der Waals surface area contributed by atoms with Gasteiger partial charge in [0.05, 0.1) is 19.9 Å². The molecule has 2 aromatic rings. The molecule has 1 N–H and O–H groups in total. The number of nitrogens with zero attached hydrogens (tertiary/aromatic N) is 2. The second-order valence-corrected chi connectivity index (χ2v) is 11.2. The van der Waals surface area contributed by atoms with Gasteiger partial charge in [0, 0.05) is 29.3 Å². The van der Waals surface area contributed by atoms with Crippen LogP contribution in [-0.2, 0) is 26.2 Å². The Morgan fingerprint density at radius 2 is 1.86 bits per heavy atom. The zero-order chi connectivity index (χ0) is 25.8. The maximum atomic E-state index is 14.0. The highest BCUT2D eigenvalue weighted by molar-refractivity contribution is 5.99. The summed E-state index contributed by atoms with van der Waals surface area (Å²) in [6.45, 7) is 1.83. The maximum Gasteiger partial charge on any atom is 0.335 e. The number of rotatable bonds is 6. The van der Waals surface area contributed by atoms with E-state index in [0.29, 0.717) is 25.0 Å². The van der Waals surface area contributed by atoms with E-state index in [4.69, 9.17) is 9.47 Å². The number of piperidine rings is 1. The molecule has 0 aromatic heterocycles. The second-order valence-electron chi connectivity index (χ2n) is 11.2. The van der Waals surface area contributed by atoms with Gasteiger partial charge in [-0.3, -0.25) is 9.69 Å². The molecular weight excluding hydrogens is 468 g/mol. The van der Waals surface area contributed by atoms with Crippen LogP contribution in [0.15, 0.2) is 48.5 Å². The summed E-state index contributed by atoms with van der Waals surface area (Å²) in [7, 11) is 3.01. The van der Waals surface area contributed by atoms with Crippen molar-refractivity contribution < 1.29 is 24.2 Å². The number of aliphatic hydroxyl groups excluding tert-OH is 1. The zero-order valence-corrected chi connectivity index (χ0v) is 21.7. The lowest BCUT2D eigenvalue weighted by Crippen LogP contribution is -2.69. The summed E-state index contributed by atoms with van der Waals surface area (Å²) in [6, 6.07) is 16.2. The van der Waals surface area contributed by atoms with E-state index in [2.05, 4.69) is 23.1 Å². The van der Waals surface area contributed by atoms with Gasteiger partial charge in [0.2, 0.25) is 5.91 Å². The first-order valence-electron chi connectivity index (χ1n) is 13.5. The van der Waals surface area contributed by atoms with Crippen molar-refractivity contribution in [3.05, 3.63) is 59.7 Å². The van der Waals surface area contributed by atoms with Crippen LogP contribution in [0.2, 0.25) is 0 Å². The van der Waals surface area contributed by atoms with Gasteiger partial charge in [-0.05, 0) is 68.8 Å². The lowest BCUT2D eigenvalue weighted by Gasteiger charge is -2.59. The van der Waals surface area contributed by atoms with E-state index in [9.17, 15) is 14.7 Å². The first-order chi connectivity index (χ1) is 18.0. The molecule has 7 nitrogen and oxygen atoms in total. The molecule has 0 bridgehead atoms. The fourth-order valence-electron chi connectivity index (χ4n) is 8.43. The summed E-state index contributed by atoms with van der Waals surface area (Å²) in [5.41, 5.74) is 2.19. The molecule has 4 aliphatic rings. The number of carbonyl (C=O) groups is 2. The first-order valence-corrected chi connectivity index (χ1v) is 13.5. The molecule has 37 heavy (non-hydrogen) atoms. The summed E-state index contributed by atoms with van der Waals surface area (Å²) in [5, 5.41) is 11.4. The molecule has 3 aliphatic heterocycles. The van der Waals surface area contributed by atoms with Crippen molar-refractivity contribution >= 4 is 17.6 Å². The predicted molar refractivity (Wildman–Crippen MR) is 140 cm³/mol. The molecule has 2 saturated heterocycles. The Bertz CT molecular complexity index is 1200. The Morgan fingerprint density at radius 1 is 1.05 bits per heavy atom. The summed E-state index contributed by atoms with van der Waals surface area (Å²) in [6.07, 6.45) is 3.93. The van der Waals surface area contributed by atoms with Crippen LogP contribution in [0, 0.1) is 5.41 Å². The third-order valence-electron chi connectivity index (χ3n) is 9.76. The van der Waals surface area contributed by atoms with E-state index in [1.165, 1.54) is 7.11 Å². The minimum Gasteiger partial charge on any atom is -0.495 e. The molecular formula is C30H36N2O5. The molecule has 1 amide bonds. The van der Waals surface area contributed by atoms with Crippen LogP contribution in [-0.4, -0.2) is 67.4 Å². The van der Waals surface area contributed by atoms with Gasteiger partial charge in [0.25, 0.3) is 0 Å². The van der Waals surface area contributed by atoms with E-state index in [-0.39, 0.29) is 23.4 Å². The Kier molecular flexibility index (Phi) is 6.03. The molecule has 3 heterocycles. The number of anilines is 1. The molecule has 3 fully saturated rings. The Balaban J connectivity index is 1.45. The number of hydrogen-bond donors (Lipinski definition) is 1. The minimum atomic E-state index is -1.18. The van der Waals surface area contributed by atoms with Crippen LogP contribution in [0.4, 0.5) is 5.69 Å². The van der Waals surface area contributed by atoms with E-state index in [1.54, 1.807) is 7.11 Å². The number of esters is 1. The smallest absolute Gasteiger partial charge is 0.335 e. The molecule has 5 unspecified atom stereocenters. The second kappa shape index (κ2) is 9.14. The molecule has 0 radical (unpaired) electrons. The molecule has 196 valence electrons. The van der Waals surface area contributed by atoms with Gasteiger partial charge in [-0.15, -0.1) is 0 Å². The van der Waals surface area contributed by atoms with E-state index < -0.39 is 17.5 Å². The number of aryl methyl sites for hydroxylation is 1. The van der Waals surface area contributed by atoms with Gasteiger partial charge in [0.1, 0.15) is 5.75 Å². The average Bonchev–Trinajstić information content (AvgIpc) is 3.48. The van der Waals surface area contributed by atoms with Crippen molar-refractivity contribution in [2.24, 2.45) is 5.41 Å². The van der Waals surface area contributed by atoms with Gasteiger partial charge < -0.3 is 19.5 Å². The highest BCUT2D eigenvalue weighted by Crippen LogP contribution is 2.66. The van der Waals surface area contributed by atoms with Gasteiger partial charge in [0.15, 0.2) is 6.10 Å². The van der Waals surface area contributed by atoms with Crippen molar-refractivity contribution in [3.8, 4) is 5.75 Å². The molecule has 2 aromatic carbocycles. The number of hydrogen-bond acceptors (Lipinski definition) is 6. The number of benzene rings is 2.